The minimum atomic E-state index is -1.10. The van der Waals surface area contributed by atoms with E-state index in [-0.39, 0.29) is 0 Å². The predicted octanol–water partition coefficient (Wildman–Crippen LogP) is 3.26. The molecule has 0 saturated heterocycles. The Kier molecular flexibility index (Phi) is 18.6. The Balaban J connectivity index is 0. The standard InChI is InChI=1S/C10H23N.C4HN3/c1-2-3-4-5-6-7-8-9-10-11;5-1-4(2-6)3-7/h2-11H2,1H3;4H. The van der Waals surface area contributed by atoms with E-state index in [1.165, 1.54) is 69.6 Å². The van der Waals surface area contributed by atoms with Crippen LogP contribution >= 0.6 is 0 Å². The summed E-state index contributed by atoms with van der Waals surface area (Å²) in [5.74, 6) is -1.10. The molecule has 0 radical (unpaired) electrons. The van der Waals surface area contributed by atoms with Crippen molar-refractivity contribution in [1.29, 1.82) is 15.8 Å². The van der Waals surface area contributed by atoms with Gasteiger partial charge in [-0.25, -0.2) is 0 Å². The van der Waals surface area contributed by atoms with Crippen LogP contribution in [-0.2, 0) is 0 Å². The fourth-order valence-corrected chi connectivity index (χ4v) is 1.36. The van der Waals surface area contributed by atoms with E-state index in [2.05, 4.69) is 6.92 Å². The van der Waals surface area contributed by atoms with E-state index in [1.807, 2.05) is 0 Å². The highest BCUT2D eigenvalue weighted by molar-refractivity contribution is 5.11. The summed E-state index contributed by atoms with van der Waals surface area (Å²) in [6.45, 7) is 3.13. The fourth-order valence-electron chi connectivity index (χ4n) is 1.36. The molecule has 0 saturated carbocycles. The predicted molar refractivity (Wildman–Crippen MR) is 72.0 cm³/mol. The zero-order chi connectivity index (χ0) is 14.1. The Morgan fingerprint density at radius 2 is 1.17 bits per heavy atom. The van der Waals surface area contributed by atoms with Crippen LogP contribution in [0.25, 0.3) is 0 Å². The van der Waals surface area contributed by atoms with Crippen molar-refractivity contribution in [2.45, 2.75) is 58.3 Å². The molecule has 0 aliphatic heterocycles. The quantitative estimate of drug-likeness (QED) is 0.666. The van der Waals surface area contributed by atoms with Gasteiger partial charge in [-0.3, -0.25) is 0 Å². The lowest BCUT2D eigenvalue weighted by Gasteiger charge is -1.99. The third-order valence-electron chi connectivity index (χ3n) is 2.44. The highest BCUT2D eigenvalue weighted by Gasteiger charge is 1.97. The molecule has 4 heteroatoms. The van der Waals surface area contributed by atoms with Crippen LogP contribution in [0, 0.1) is 39.9 Å². The van der Waals surface area contributed by atoms with Gasteiger partial charge in [0.15, 0.2) is 0 Å². The average Bonchev–Trinajstić information content (AvgIpc) is 2.41. The Hall–Kier alpha value is -1.57. The summed E-state index contributed by atoms with van der Waals surface area (Å²) >= 11 is 0. The molecule has 0 spiro atoms. The molecule has 18 heavy (non-hydrogen) atoms. The number of hydrogen-bond acceptors (Lipinski definition) is 4. The maximum absolute atomic E-state index is 7.83. The molecule has 0 bridgehead atoms. The van der Waals surface area contributed by atoms with Gasteiger partial charge < -0.3 is 5.73 Å². The van der Waals surface area contributed by atoms with Crippen LogP contribution in [0.15, 0.2) is 0 Å². The van der Waals surface area contributed by atoms with Crippen molar-refractivity contribution in [3.63, 3.8) is 0 Å². The van der Waals surface area contributed by atoms with Gasteiger partial charge in [0.1, 0.15) is 0 Å². The van der Waals surface area contributed by atoms with E-state index in [0.717, 1.165) is 6.54 Å². The summed E-state index contributed by atoms with van der Waals surface area (Å²) in [5, 5.41) is 23.5. The SMILES string of the molecule is CCCCCCCCCCN.N#CC(C#N)C#N. The minimum absolute atomic E-state index is 0.870. The van der Waals surface area contributed by atoms with Gasteiger partial charge in [0.2, 0.25) is 5.92 Å². The first kappa shape index (κ1) is 18.8. The molecule has 0 amide bonds. The van der Waals surface area contributed by atoms with Crippen LogP contribution in [0.2, 0.25) is 0 Å². The van der Waals surface area contributed by atoms with Crippen LogP contribution in [0.4, 0.5) is 0 Å². The summed E-state index contributed by atoms with van der Waals surface area (Å²) < 4.78 is 0. The second-order valence-corrected chi connectivity index (χ2v) is 4.08. The van der Waals surface area contributed by atoms with Gasteiger partial charge in [-0.1, -0.05) is 51.9 Å². The molecular formula is C14H24N4. The molecular weight excluding hydrogens is 224 g/mol. The first-order valence-electron chi connectivity index (χ1n) is 6.65. The highest BCUT2D eigenvalue weighted by atomic mass is 14.5. The van der Waals surface area contributed by atoms with Crippen molar-refractivity contribution >= 4 is 0 Å². The number of unbranched alkanes of at least 4 members (excludes halogenated alkanes) is 7. The number of nitrogens with two attached hydrogens (primary N) is 1. The van der Waals surface area contributed by atoms with Crippen LogP contribution < -0.4 is 5.73 Å². The van der Waals surface area contributed by atoms with E-state index in [1.54, 1.807) is 0 Å². The van der Waals surface area contributed by atoms with Crippen molar-refractivity contribution in [2.24, 2.45) is 11.7 Å². The first-order valence-corrected chi connectivity index (χ1v) is 6.65. The highest BCUT2D eigenvalue weighted by Crippen LogP contribution is 2.07. The van der Waals surface area contributed by atoms with Crippen molar-refractivity contribution in [2.75, 3.05) is 6.54 Å². The first-order chi connectivity index (χ1) is 8.76. The van der Waals surface area contributed by atoms with Gasteiger partial charge in [0.25, 0.3) is 0 Å². The summed E-state index contributed by atoms with van der Waals surface area (Å²) in [5.41, 5.74) is 5.39. The molecule has 0 heterocycles. The molecule has 0 rings (SSSR count). The van der Waals surface area contributed by atoms with E-state index < -0.39 is 5.92 Å². The molecule has 0 unspecified atom stereocenters. The Morgan fingerprint density at radius 1 is 0.778 bits per heavy atom. The van der Waals surface area contributed by atoms with Crippen molar-refractivity contribution in [3.8, 4) is 18.2 Å². The van der Waals surface area contributed by atoms with E-state index in [4.69, 9.17) is 21.5 Å². The molecule has 0 aromatic rings. The van der Waals surface area contributed by atoms with Gasteiger partial charge in [0.05, 0.1) is 18.2 Å². The molecule has 0 aliphatic rings. The Labute approximate surface area is 111 Å². The van der Waals surface area contributed by atoms with Crippen LogP contribution in [0.3, 0.4) is 0 Å². The number of rotatable bonds is 8. The summed E-state index contributed by atoms with van der Waals surface area (Å²) in [7, 11) is 0. The molecule has 0 aromatic heterocycles. The maximum atomic E-state index is 7.83. The summed E-state index contributed by atoms with van der Waals surface area (Å²) in [4.78, 5) is 0. The third kappa shape index (κ3) is 16.8. The van der Waals surface area contributed by atoms with Gasteiger partial charge in [0, 0.05) is 0 Å². The smallest absolute Gasteiger partial charge is 0.218 e. The van der Waals surface area contributed by atoms with Gasteiger partial charge in [-0.2, -0.15) is 15.8 Å². The molecule has 0 atom stereocenters. The second-order valence-electron chi connectivity index (χ2n) is 4.08. The summed E-state index contributed by atoms with van der Waals surface area (Å²) in [6, 6.07) is 4.44. The van der Waals surface area contributed by atoms with E-state index in [0.29, 0.717) is 0 Å². The maximum Gasteiger partial charge on any atom is 0.218 e. The van der Waals surface area contributed by atoms with Crippen molar-refractivity contribution in [1.82, 2.24) is 0 Å². The molecule has 0 aromatic carbocycles. The second kappa shape index (κ2) is 17.8. The lowest BCUT2D eigenvalue weighted by molar-refractivity contribution is 0.578. The minimum Gasteiger partial charge on any atom is -0.330 e. The van der Waals surface area contributed by atoms with Gasteiger partial charge in [-0.05, 0) is 13.0 Å². The fraction of sp³-hybridized carbons (Fsp3) is 0.786. The summed E-state index contributed by atoms with van der Waals surface area (Å²) in [6.07, 6.45) is 11.0. The lowest BCUT2D eigenvalue weighted by Crippen LogP contribution is -1.97. The number of nitrogens with zero attached hydrogens (tertiary/aromatic N) is 3. The number of hydrogen-bond donors (Lipinski definition) is 1. The molecule has 100 valence electrons. The number of nitriles is 3. The largest absolute Gasteiger partial charge is 0.330 e. The molecule has 0 fully saturated rings. The van der Waals surface area contributed by atoms with Crippen molar-refractivity contribution < 1.29 is 0 Å². The Bertz CT molecular complexity index is 238. The lowest BCUT2D eigenvalue weighted by atomic mass is 10.1. The van der Waals surface area contributed by atoms with Crippen LogP contribution in [0.1, 0.15) is 58.3 Å². The van der Waals surface area contributed by atoms with Crippen LogP contribution in [-0.4, -0.2) is 6.54 Å². The monoisotopic (exact) mass is 248 g/mol. The molecule has 4 nitrogen and oxygen atoms in total. The third-order valence-corrected chi connectivity index (χ3v) is 2.44. The molecule has 0 aliphatic carbocycles. The van der Waals surface area contributed by atoms with E-state index >= 15 is 0 Å². The van der Waals surface area contributed by atoms with Gasteiger partial charge >= 0.3 is 0 Å². The van der Waals surface area contributed by atoms with Crippen molar-refractivity contribution in [3.05, 3.63) is 0 Å². The van der Waals surface area contributed by atoms with Gasteiger partial charge in [-0.15, -0.1) is 0 Å². The normalized spacial score (nSPS) is 8.67. The zero-order valence-electron chi connectivity index (χ0n) is 11.4. The average molecular weight is 248 g/mol. The Morgan fingerprint density at radius 3 is 1.44 bits per heavy atom. The molecule has 2 N–H and O–H groups in total. The topological polar surface area (TPSA) is 97.4 Å². The van der Waals surface area contributed by atoms with E-state index in [9.17, 15) is 0 Å². The van der Waals surface area contributed by atoms with Crippen LogP contribution in [0.5, 0.6) is 0 Å². The zero-order valence-corrected chi connectivity index (χ0v) is 11.4.